The van der Waals surface area contributed by atoms with Crippen molar-refractivity contribution in [1.82, 2.24) is 9.47 Å². The summed E-state index contributed by atoms with van der Waals surface area (Å²) in [5.41, 5.74) is 9.24. The minimum Gasteiger partial charge on any atom is -0.464 e. The molecule has 0 bridgehead atoms. The van der Waals surface area contributed by atoms with Crippen LogP contribution in [0, 0.1) is 11.3 Å². The van der Waals surface area contributed by atoms with E-state index in [2.05, 4.69) is 0 Å². The Morgan fingerprint density at radius 1 is 1.28 bits per heavy atom. The molecule has 0 aliphatic carbocycles. The summed E-state index contributed by atoms with van der Waals surface area (Å²) in [6, 6.07) is 11.5. The van der Waals surface area contributed by atoms with Crippen molar-refractivity contribution in [3.63, 3.8) is 0 Å². The van der Waals surface area contributed by atoms with Crippen LogP contribution in [0.15, 0.2) is 41.9 Å². The van der Waals surface area contributed by atoms with Gasteiger partial charge in [0.25, 0.3) is 5.91 Å². The van der Waals surface area contributed by atoms with Crippen LogP contribution in [0.4, 0.5) is 5.69 Å². The monoisotopic (exact) mass is 406 g/mol. The molecular formula is C21H18N4O3S. The summed E-state index contributed by atoms with van der Waals surface area (Å²) in [6.07, 6.45) is 2.29. The molecule has 1 aromatic carbocycles. The second kappa shape index (κ2) is 7.45. The summed E-state index contributed by atoms with van der Waals surface area (Å²) >= 11 is 1.43. The highest BCUT2D eigenvalue weighted by Gasteiger charge is 2.25. The molecule has 29 heavy (non-hydrogen) atoms. The largest absolute Gasteiger partial charge is 0.464 e. The van der Waals surface area contributed by atoms with E-state index in [1.54, 1.807) is 4.57 Å². The summed E-state index contributed by atoms with van der Waals surface area (Å²) in [7, 11) is 1.27. The van der Waals surface area contributed by atoms with Crippen molar-refractivity contribution in [2.24, 2.45) is 0 Å². The van der Waals surface area contributed by atoms with E-state index in [9.17, 15) is 14.9 Å². The van der Waals surface area contributed by atoms with Gasteiger partial charge in [0.15, 0.2) is 5.69 Å². The molecule has 1 aliphatic heterocycles. The molecule has 2 N–H and O–H groups in total. The number of ether oxygens (including phenoxy) is 1. The maximum absolute atomic E-state index is 12.7. The fraction of sp³-hybridized carbons (Fsp3) is 0.190. The topological polar surface area (TPSA) is 101 Å². The molecule has 0 radical (unpaired) electrons. The number of esters is 1. The van der Waals surface area contributed by atoms with E-state index in [1.807, 2.05) is 46.7 Å². The van der Waals surface area contributed by atoms with Gasteiger partial charge in [0.1, 0.15) is 6.07 Å². The van der Waals surface area contributed by atoms with Gasteiger partial charge in [-0.15, -0.1) is 11.3 Å². The van der Waals surface area contributed by atoms with Gasteiger partial charge in [-0.05, 0) is 41.1 Å². The molecule has 3 heterocycles. The lowest BCUT2D eigenvalue weighted by Crippen LogP contribution is -2.35. The van der Waals surface area contributed by atoms with Crippen molar-refractivity contribution in [3.8, 4) is 11.8 Å². The number of benzene rings is 1. The predicted octanol–water partition coefficient (Wildman–Crippen LogP) is 2.98. The van der Waals surface area contributed by atoms with Crippen LogP contribution in [0.5, 0.6) is 0 Å². The number of aromatic nitrogens is 1. The number of carbonyl (C=O) groups is 2. The summed E-state index contributed by atoms with van der Waals surface area (Å²) in [5.74, 6) is -0.598. The van der Waals surface area contributed by atoms with E-state index in [1.165, 1.54) is 24.6 Å². The number of thiophene rings is 1. The second-order valence-corrected chi connectivity index (χ2v) is 7.63. The number of anilines is 1. The number of hydrogen-bond donors (Lipinski definition) is 1. The number of rotatable bonds is 3. The molecule has 0 atom stereocenters. The third-order valence-corrected chi connectivity index (χ3v) is 5.90. The van der Waals surface area contributed by atoms with Gasteiger partial charge in [0.2, 0.25) is 0 Å². The van der Waals surface area contributed by atoms with Crippen LogP contribution in [-0.4, -0.2) is 35.0 Å². The molecule has 1 amide bonds. The van der Waals surface area contributed by atoms with E-state index >= 15 is 0 Å². The lowest BCUT2D eigenvalue weighted by Gasteiger charge is -2.29. The normalized spacial score (nSPS) is 12.9. The Hall–Kier alpha value is -3.57. The van der Waals surface area contributed by atoms with Crippen LogP contribution in [0.3, 0.4) is 0 Å². The van der Waals surface area contributed by atoms with Gasteiger partial charge < -0.3 is 19.9 Å². The lowest BCUT2D eigenvalue weighted by atomic mass is 9.98. The first-order chi connectivity index (χ1) is 14.0. The van der Waals surface area contributed by atoms with E-state index in [0.29, 0.717) is 18.8 Å². The number of methoxy groups -OCH3 is 1. The summed E-state index contributed by atoms with van der Waals surface area (Å²) in [4.78, 5) is 27.5. The molecule has 0 saturated heterocycles. The Morgan fingerprint density at radius 3 is 2.79 bits per heavy atom. The van der Waals surface area contributed by atoms with Crippen LogP contribution >= 0.6 is 11.3 Å². The molecule has 7 nitrogen and oxygen atoms in total. The van der Waals surface area contributed by atoms with E-state index < -0.39 is 5.97 Å². The van der Waals surface area contributed by atoms with E-state index in [0.717, 1.165) is 22.4 Å². The molecule has 2 aromatic heterocycles. The van der Waals surface area contributed by atoms with Gasteiger partial charge in [-0.3, -0.25) is 4.79 Å². The van der Waals surface area contributed by atoms with Gasteiger partial charge in [-0.1, -0.05) is 12.1 Å². The van der Waals surface area contributed by atoms with Crippen LogP contribution in [0.2, 0.25) is 0 Å². The summed E-state index contributed by atoms with van der Waals surface area (Å²) in [5, 5.41) is 11.2. The molecule has 0 fully saturated rings. The van der Waals surface area contributed by atoms with Crippen molar-refractivity contribution in [1.29, 1.82) is 5.26 Å². The Balaban J connectivity index is 1.71. The Kier molecular flexibility index (Phi) is 4.82. The van der Waals surface area contributed by atoms with Crippen molar-refractivity contribution in [2.75, 3.05) is 19.4 Å². The van der Waals surface area contributed by atoms with Gasteiger partial charge in [-0.2, -0.15) is 5.26 Å². The number of nitrogens with zero attached hydrogens (tertiary/aromatic N) is 3. The minimum atomic E-state index is -0.615. The quantitative estimate of drug-likeness (QED) is 0.674. The standard InChI is InChI=1S/C21H18N4O3S/c1-28-21(27)19-18(23)15(10-22)12-25(19)16-5-4-13-6-7-24(11-14(13)9-16)20(26)17-3-2-8-29-17/h2-5,8-9,12H,6-7,11,23H2,1H3. The van der Waals surface area contributed by atoms with Crippen molar-refractivity contribution in [2.45, 2.75) is 13.0 Å². The van der Waals surface area contributed by atoms with Gasteiger partial charge in [-0.25, -0.2) is 4.79 Å². The lowest BCUT2D eigenvalue weighted by molar-refractivity contribution is 0.0592. The van der Waals surface area contributed by atoms with E-state index in [4.69, 9.17) is 10.5 Å². The first kappa shape index (κ1) is 18.8. The number of nitriles is 1. The number of amides is 1. The van der Waals surface area contributed by atoms with Crippen LogP contribution in [0.1, 0.15) is 36.9 Å². The Morgan fingerprint density at radius 2 is 2.10 bits per heavy atom. The predicted molar refractivity (Wildman–Crippen MR) is 109 cm³/mol. The molecule has 3 aromatic rings. The first-order valence-corrected chi connectivity index (χ1v) is 9.85. The summed E-state index contributed by atoms with van der Waals surface area (Å²) in [6.45, 7) is 1.14. The van der Waals surface area contributed by atoms with Gasteiger partial charge >= 0.3 is 5.97 Å². The highest BCUT2D eigenvalue weighted by molar-refractivity contribution is 7.12. The smallest absolute Gasteiger partial charge is 0.357 e. The molecule has 0 unspecified atom stereocenters. The SMILES string of the molecule is COC(=O)c1c(N)c(C#N)cn1-c1ccc2c(c1)CN(C(=O)c1cccs1)CC2. The van der Waals surface area contributed by atoms with Crippen LogP contribution in [0.25, 0.3) is 5.69 Å². The van der Waals surface area contributed by atoms with Crippen molar-refractivity contribution < 1.29 is 14.3 Å². The average molecular weight is 406 g/mol. The minimum absolute atomic E-state index is 0.0169. The zero-order valence-corrected chi connectivity index (χ0v) is 16.5. The first-order valence-electron chi connectivity index (χ1n) is 8.97. The number of fused-ring (bicyclic) bond motifs is 1. The van der Waals surface area contributed by atoms with Crippen molar-refractivity contribution >= 4 is 28.9 Å². The fourth-order valence-electron chi connectivity index (χ4n) is 3.54. The second-order valence-electron chi connectivity index (χ2n) is 6.69. The Bertz CT molecular complexity index is 1140. The molecule has 8 heteroatoms. The molecular weight excluding hydrogens is 388 g/mol. The molecule has 0 spiro atoms. The molecule has 1 aliphatic rings. The van der Waals surface area contributed by atoms with Crippen LogP contribution in [-0.2, 0) is 17.7 Å². The van der Waals surface area contributed by atoms with Crippen LogP contribution < -0.4 is 5.73 Å². The molecule has 4 rings (SSSR count). The average Bonchev–Trinajstić information content (AvgIpc) is 3.40. The van der Waals surface area contributed by atoms with Gasteiger partial charge in [0.05, 0.1) is 23.2 Å². The number of carbonyl (C=O) groups excluding carboxylic acids is 2. The highest BCUT2D eigenvalue weighted by Crippen LogP contribution is 2.28. The highest BCUT2D eigenvalue weighted by atomic mass is 32.1. The third-order valence-electron chi connectivity index (χ3n) is 5.04. The molecule has 146 valence electrons. The number of nitrogens with two attached hydrogens (primary N) is 1. The maximum Gasteiger partial charge on any atom is 0.357 e. The zero-order chi connectivity index (χ0) is 20.5. The van der Waals surface area contributed by atoms with E-state index in [-0.39, 0.29) is 22.9 Å². The number of nitrogen functional groups attached to an aromatic ring is 1. The van der Waals surface area contributed by atoms with Crippen molar-refractivity contribution in [3.05, 3.63) is 69.2 Å². The Labute approximate surface area is 171 Å². The zero-order valence-electron chi connectivity index (χ0n) is 15.7. The summed E-state index contributed by atoms with van der Waals surface area (Å²) < 4.78 is 6.41. The molecule has 0 saturated carbocycles. The fourth-order valence-corrected chi connectivity index (χ4v) is 4.23. The maximum atomic E-state index is 12.7. The van der Waals surface area contributed by atoms with Gasteiger partial charge in [0, 0.05) is 25.0 Å². The third kappa shape index (κ3) is 3.26. The number of hydrogen-bond acceptors (Lipinski definition) is 6.